The number of amides is 1. The minimum atomic E-state index is 0.130. The minimum Gasteiger partial charge on any atom is -0.508 e. The highest BCUT2D eigenvalue weighted by Crippen LogP contribution is 2.23. The highest BCUT2D eigenvalue weighted by molar-refractivity contribution is 5.76. The average Bonchev–Trinajstić information content (AvgIpc) is 2.42. The summed E-state index contributed by atoms with van der Waals surface area (Å²) in [7, 11) is 0. The molecule has 19 heavy (non-hydrogen) atoms. The third-order valence-corrected chi connectivity index (χ3v) is 3.36. The lowest BCUT2D eigenvalue weighted by Gasteiger charge is -2.29. The number of hydrogen-bond acceptors (Lipinski definition) is 3. The lowest BCUT2D eigenvalue weighted by molar-refractivity contribution is -0.133. The van der Waals surface area contributed by atoms with E-state index in [9.17, 15) is 9.90 Å². The van der Waals surface area contributed by atoms with E-state index in [1.165, 1.54) is 5.56 Å². The molecule has 0 saturated carbocycles. The second-order valence-corrected chi connectivity index (χ2v) is 4.88. The normalized spacial score (nSPS) is 14.3. The van der Waals surface area contributed by atoms with Crippen molar-refractivity contribution in [2.75, 3.05) is 19.8 Å². The van der Waals surface area contributed by atoms with Gasteiger partial charge in [0.05, 0.1) is 13.0 Å². The van der Waals surface area contributed by atoms with Crippen LogP contribution in [0.25, 0.3) is 0 Å². The van der Waals surface area contributed by atoms with E-state index in [4.69, 9.17) is 4.74 Å². The number of ether oxygens (including phenoxy) is 1. The summed E-state index contributed by atoms with van der Waals surface area (Å²) >= 11 is 0. The van der Waals surface area contributed by atoms with Crippen LogP contribution in [0.4, 0.5) is 0 Å². The van der Waals surface area contributed by atoms with Crippen molar-refractivity contribution in [1.82, 2.24) is 4.90 Å². The molecular weight excluding hydrogens is 242 g/mol. The maximum absolute atomic E-state index is 12.0. The van der Waals surface area contributed by atoms with Crippen molar-refractivity contribution < 1.29 is 14.6 Å². The fourth-order valence-corrected chi connectivity index (χ4v) is 2.32. The summed E-state index contributed by atoms with van der Waals surface area (Å²) in [5.41, 5.74) is 2.28. The summed E-state index contributed by atoms with van der Waals surface area (Å²) in [6.45, 7) is 4.61. The number of phenols is 1. The molecule has 0 saturated heterocycles. The van der Waals surface area contributed by atoms with Gasteiger partial charge in [-0.25, -0.2) is 0 Å². The maximum atomic E-state index is 12.0. The summed E-state index contributed by atoms with van der Waals surface area (Å²) in [4.78, 5) is 13.9. The Labute approximate surface area is 114 Å². The van der Waals surface area contributed by atoms with Gasteiger partial charge in [-0.1, -0.05) is 13.0 Å². The van der Waals surface area contributed by atoms with Gasteiger partial charge in [0.15, 0.2) is 0 Å². The van der Waals surface area contributed by atoms with Gasteiger partial charge in [0.2, 0.25) is 5.91 Å². The summed E-state index contributed by atoms with van der Waals surface area (Å²) < 4.78 is 5.35. The van der Waals surface area contributed by atoms with Crippen LogP contribution >= 0.6 is 0 Å². The van der Waals surface area contributed by atoms with Crippen molar-refractivity contribution in [2.24, 2.45) is 0 Å². The van der Waals surface area contributed by atoms with E-state index in [2.05, 4.69) is 6.92 Å². The van der Waals surface area contributed by atoms with Crippen LogP contribution in [0.3, 0.4) is 0 Å². The second-order valence-electron chi connectivity index (χ2n) is 4.88. The number of nitrogens with zero attached hydrogens (tertiary/aromatic N) is 1. The van der Waals surface area contributed by atoms with Crippen molar-refractivity contribution in [3.05, 3.63) is 29.3 Å². The first-order valence-corrected chi connectivity index (χ1v) is 6.87. The minimum absolute atomic E-state index is 0.130. The van der Waals surface area contributed by atoms with E-state index >= 15 is 0 Å². The SMILES string of the molecule is CCCOCCC(=O)N1CCc2ccc(O)cc2C1. The topological polar surface area (TPSA) is 49.8 Å². The van der Waals surface area contributed by atoms with Gasteiger partial charge in [0.25, 0.3) is 0 Å². The molecule has 0 aromatic heterocycles. The monoisotopic (exact) mass is 263 g/mol. The Morgan fingerprint density at radius 3 is 3.00 bits per heavy atom. The van der Waals surface area contributed by atoms with Crippen LogP contribution in [0, 0.1) is 0 Å². The molecule has 0 spiro atoms. The molecule has 4 nitrogen and oxygen atoms in total. The van der Waals surface area contributed by atoms with Crippen molar-refractivity contribution in [2.45, 2.75) is 32.7 Å². The lowest BCUT2D eigenvalue weighted by Crippen LogP contribution is -2.36. The van der Waals surface area contributed by atoms with E-state index < -0.39 is 0 Å². The van der Waals surface area contributed by atoms with E-state index in [1.807, 2.05) is 11.0 Å². The number of carbonyl (C=O) groups excluding carboxylic acids is 1. The van der Waals surface area contributed by atoms with E-state index in [0.29, 0.717) is 26.2 Å². The van der Waals surface area contributed by atoms with Gasteiger partial charge in [-0.15, -0.1) is 0 Å². The number of rotatable bonds is 5. The first-order valence-electron chi connectivity index (χ1n) is 6.87. The van der Waals surface area contributed by atoms with E-state index in [-0.39, 0.29) is 11.7 Å². The van der Waals surface area contributed by atoms with Crippen LogP contribution in [0.5, 0.6) is 5.75 Å². The molecule has 1 heterocycles. The Hall–Kier alpha value is -1.55. The molecule has 4 heteroatoms. The molecule has 1 aromatic rings. The van der Waals surface area contributed by atoms with Gasteiger partial charge < -0.3 is 14.7 Å². The van der Waals surface area contributed by atoms with Crippen molar-refractivity contribution in [3.8, 4) is 5.75 Å². The van der Waals surface area contributed by atoms with Gasteiger partial charge in [-0.3, -0.25) is 4.79 Å². The van der Waals surface area contributed by atoms with Crippen molar-refractivity contribution in [1.29, 1.82) is 0 Å². The summed E-state index contributed by atoms with van der Waals surface area (Å²) in [6, 6.07) is 5.40. The molecule has 1 aromatic carbocycles. The van der Waals surface area contributed by atoms with Crippen LogP contribution in [0.2, 0.25) is 0 Å². The molecular formula is C15H21NO3. The van der Waals surface area contributed by atoms with Crippen LogP contribution in [0.1, 0.15) is 30.9 Å². The third kappa shape index (κ3) is 3.70. The zero-order valence-electron chi connectivity index (χ0n) is 11.4. The molecule has 1 aliphatic rings. The smallest absolute Gasteiger partial charge is 0.225 e. The highest BCUT2D eigenvalue weighted by atomic mass is 16.5. The Bertz CT molecular complexity index is 445. The van der Waals surface area contributed by atoms with Crippen LogP contribution in [0.15, 0.2) is 18.2 Å². The molecule has 0 bridgehead atoms. The number of fused-ring (bicyclic) bond motifs is 1. The Kier molecular flexibility index (Phi) is 4.80. The fraction of sp³-hybridized carbons (Fsp3) is 0.533. The number of hydrogen-bond donors (Lipinski definition) is 1. The molecule has 104 valence electrons. The summed E-state index contributed by atoms with van der Waals surface area (Å²) in [6.07, 6.45) is 2.27. The quantitative estimate of drug-likeness (QED) is 0.828. The van der Waals surface area contributed by atoms with Gasteiger partial charge in [0, 0.05) is 19.7 Å². The molecule has 2 rings (SSSR count). The van der Waals surface area contributed by atoms with Gasteiger partial charge in [0.1, 0.15) is 5.75 Å². The molecule has 1 aliphatic heterocycles. The maximum Gasteiger partial charge on any atom is 0.225 e. The molecule has 0 fully saturated rings. The predicted molar refractivity (Wildman–Crippen MR) is 73.0 cm³/mol. The fourth-order valence-electron chi connectivity index (χ4n) is 2.32. The molecule has 0 radical (unpaired) electrons. The average molecular weight is 263 g/mol. The van der Waals surface area contributed by atoms with E-state index in [0.717, 1.165) is 24.9 Å². The molecule has 1 N–H and O–H groups in total. The molecule has 1 amide bonds. The number of carbonyl (C=O) groups is 1. The van der Waals surface area contributed by atoms with Crippen molar-refractivity contribution in [3.63, 3.8) is 0 Å². The summed E-state index contributed by atoms with van der Waals surface area (Å²) in [5.74, 6) is 0.393. The Balaban J connectivity index is 1.88. The van der Waals surface area contributed by atoms with Crippen LogP contribution in [-0.4, -0.2) is 35.7 Å². The van der Waals surface area contributed by atoms with Gasteiger partial charge >= 0.3 is 0 Å². The Morgan fingerprint density at radius 1 is 1.37 bits per heavy atom. The number of phenolic OH excluding ortho intramolecular Hbond substituents is 1. The highest BCUT2D eigenvalue weighted by Gasteiger charge is 2.20. The zero-order valence-corrected chi connectivity index (χ0v) is 11.4. The molecule has 0 aliphatic carbocycles. The molecule has 0 atom stereocenters. The number of aromatic hydroxyl groups is 1. The zero-order chi connectivity index (χ0) is 13.7. The van der Waals surface area contributed by atoms with Crippen molar-refractivity contribution >= 4 is 5.91 Å². The first-order chi connectivity index (χ1) is 9.20. The summed E-state index contributed by atoms with van der Waals surface area (Å²) in [5, 5.41) is 9.49. The van der Waals surface area contributed by atoms with Gasteiger partial charge in [-0.05, 0) is 36.1 Å². The lowest BCUT2D eigenvalue weighted by atomic mass is 9.99. The standard InChI is InChI=1S/C15H21NO3/c1-2-8-19-9-6-15(18)16-7-5-12-3-4-14(17)10-13(12)11-16/h3-4,10,17H,2,5-9,11H2,1H3. The third-order valence-electron chi connectivity index (χ3n) is 3.36. The van der Waals surface area contributed by atoms with Crippen LogP contribution < -0.4 is 0 Å². The largest absolute Gasteiger partial charge is 0.508 e. The van der Waals surface area contributed by atoms with Crippen LogP contribution in [-0.2, 0) is 22.5 Å². The van der Waals surface area contributed by atoms with Gasteiger partial charge in [-0.2, -0.15) is 0 Å². The Morgan fingerprint density at radius 2 is 2.21 bits per heavy atom. The molecule has 0 unspecified atom stereocenters. The first kappa shape index (κ1) is 13.9. The second kappa shape index (κ2) is 6.57. The number of benzene rings is 1. The van der Waals surface area contributed by atoms with E-state index in [1.54, 1.807) is 12.1 Å². The predicted octanol–water partition coefficient (Wildman–Crippen LogP) is 2.09.